The van der Waals surface area contributed by atoms with Crippen LogP contribution in [0.3, 0.4) is 0 Å². The van der Waals surface area contributed by atoms with E-state index < -0.39 is 22.3 Å². The first-order chi connectivity index (χ1) is 16.1. The van der Waals surface area contributed by atoms with Crippen LogP contribution in [0.25, 0.3) is 0 Å². The molecule has 2 aromatic carbocycles. The molecule has 2 heterocycles. The van der Waals surface area contributed by atoms with Gasteiger partial charge in [0.25, 0.3) is 0 Å². The third-order valence-corrected chi connectivity index (χ3v) is 9.58. The number of carbonyl (C=O) groups is 2. The number of ether oxygens (including phenoxy) is 2. The minimum Gasteiger partial charge on any atom is -0.440 e. The molecule has 178 valence electrons. The molecular weight excluding hydrogens is 428 g/mol. The monoisotopic (exact) mass is 460 g/mol. The summed E-state index contributed by atoms with van der Waals surface area (Å²) >= 11 is 0. The number of hydrogen-bond acceptors (Lipinski definition) is 4. The van der Waals surface area contributed by atoms with Crippen LogP contribution in [0.5, 0.6) is 0 Å². The molecule has 4 atom stereocenters. The van der Waals surface area contributed by atoms with Crippen LogP contribution >= 0.6 is 0 Å². The van der Waals surface area contributed by atoms with Gasteiger partial charge in [-0.3, -0.25) is 9.80 Å². The number of fused-ring (bicyclic) bond motifs is 6. The summed E-state index contributed by atoms with van der Waals surface area (Å²) in [6.45, 7) is 9.06. The van der Waals surface area contributed by atoms with Gasteiger partial charge in [0, 0.05) is 13.1 Å². The molecule has 2 aromatic rings. The van der Waals surface area contributed by atoms with E-state index in [0.717, 1.165) is 36.8 Å². The Morgan fingerprint density at radius 2 is 1.06 bits per heavy atom. The van der Waals surface area contributed by atoms with E-state index in [9.17, 15) is 9.59 Å². The molecule has 0 radical (unpaired) electrons. The Hall–Kier alpha value is -3.02. The quantitative estimate of drug-likeness (QED) is 0.637. The van der Waals surface area contributed by atoms with E-state index in [1.165, 1.54) is 11.1 Å². The standard InChI is InChI=1S/C28H32N2O4/c1-25-15-13-19-9-5-7-11-21(19)27(25,3)29(23(31)33-25)17-18-30-24(32)34-26(2)16-14-20-10-6-8-12-22(20)28(26,30)4/h5-12H,13-18H2,1-4H3/t25-,26+,27-,28-/m0/s1. The second-order valence-electron chi connectivity index (χ2n) is 11.0. The molecular formula is C28H32N2O4. The molecule has 6 nitrogen and oxygen atoms in total. The van der Waals surface area contributed by atoms with Crippen LogP contribution in [-0.2, 0) is 33.4 Å². The van der Waals surface area contributed by atoms with Gasteiger partial charge < -0.3 is 9.47 Å². The summed E-state index contributed by atoms with van der Waals surface area (Å²) in [6.07, 6.45) is 2.69. The summed E-state index contributed by atoms with van der Waals surface area (Å²) in [4.78, 5) is 30.2. The van der Waals surface area contributed by atoms with E-state index in [1.54, 1.807) is 0 Å². The lowest BCUT2D eigenvalue weighted by Crippen LogP contribution is -2.58. The zero-order valence-electron chi connectivity index (χ0n) is 20.4. The summed E-state index contributed by atoms with van der Waals surface area (Å²) in [5.41, 5.74) is 2.36. The van der Waals surface area contributed by atoms with Crippen molar-refractivity contribution in [3.05, 3.63) is 70.8 Å². The van der Waals surface area contributed by atoms with Crippen LogP contribution in [0.2, 0.25) is 0 Å². The van der Waals surface area contributed by atoms with Crippen molar-refractivity contribution in [3.8, 4) is 0 Å². The molecule has 0 spiro atoms. The topological polar surface area (TPSA) is 59.1 Å². The summed E-state index contributed by atoms with van der Waals surface area (Å²) in [6, 6.07) is 16.7. The van der Waals surface area contributed by atoms with E-state index in [1.807, 2.05) is 35.8 Å². The molecule has 2 fully saturated rings. The van der Waals surface area contributed by atoms with E-state index >= 15 is 0 Å². The SMILES string of the molecule is C[C@@]12CCc3ccccc3[C@]1(C)N(CCN1C(=O)O[C@@]3(C)CCc4ccccc4[C@]13C)C(=O)O2. The largest absolute Gasteiger partial charge is 0.440 e. The number of aryl methyl sites for hydroxylation is 2. The Balaban J connectivity index is 1.37. The number of rotatable bonds is 3. The maximum atomic E-state index is 13.2. The Labute approximate surface area is 200 Å². The Morgan fingerprint density at radius 3 is 1.47 bits per heavy atom. The first-order valence-electron chi connectivity index (χ1n) is 12.3. The lowest BCUT2D eigenvalue weighted by atomic mass is 9.67. The highest BCUT2D eigenvalue weighted by Gasteiger charge is 2.65. The molecule has 2 aliphatic carbocycles. The van der Waals surface area contributed by atoms with E-state index in [0.29, 0.717) is 13.1 Å². The Morgan fingerprint density at radius 1 is 0.676 bits per heavy atom. The third-order valence-electron chi connectivity index (χ3n) is 9.58. The van der Waals surface area contributed by atoms with Gasteiger partial charge in [0.15, 0.2) is 0 Å². The minimum absolute atomic E-state index is 0.314. The summed E-state index contributed by atoms with van der Waals surface area (Å²) in [5.74, 6) is 0. The fourth-order valence-corrected chi connectivity index (χ4v) is 7.08. The van der Waals surface area contributed by atoms with Crippen LogP contribution in [0.15, 0.2) is 48.5 Å². The Kier molecular flexibility index (Phi) is 4.28. The second-order valence-corrected chi connectivity index (χ2v) is 11.0. The molecule has 0 unspecified atom stereocenters. The molecule has 6 heteroatoms. The maximum Gasteiger partial charge on any atom is 0.411 e. The second kappa shape index (κ2) is 6.77. The van der Waals surface area contributed by atoms with Crippen molar-refractivity contribution in [2.24, 2.45) is 0 Å². The first-order valence-corrected chi connectivity index (χ1v) is 12.3. The van der Waals surface area contributed by atoms with Gasteiger partial charge in [0.2, 0.25) is 0 Å². The number of amides is 2. The number of nitrogens with zero attached hydrogens (tertiary/aromatic N) is 2. The minimum atomic E-state index is -0.611. The van der Waals surface area contributed by atoms with Crippen LogP contribution in [0, 0.1) is 0 Å². The third kappa shape index (κ3) is 2.46. The average molecular weight is 461 g/mol. The molecule has 2 amide bonds. The van der Waals surface area contributed by atoms with Gasteiger partial charge >= 0.3 is 12.2 Å². The van der Waals surface area contributed by atoms with Gasteiger partial charge in [-0.1, -0.05) is 48.5 Å². The van der Waals surface area contributed by atoms with Crippen molar-refractivity contribution in [2.75, 3.05) is 13.1 Å². The molecule has 6 rings (SSSR count). The fourth-order valence-electron chi connectivity index (χ4n) is 7.08. The highest BCUT2D eigenvalue weighted by molar-refractivity contribution is 5.76. The van der Waals surface area contributed by atoms with Gasteiger partial charge in [0.1, 0.15) is 22.3 Å². The maximum absolute atomic E-state index is 13.2. The van der Waals surface area contributed by atoms with Crippen molar-refractivity contribution in [2.45, 2.75) is 75.7 Å². The highest BCUT2D eigenvalue weighted by atomic mass is 16.6. The molecule has 0 saturated carbocycles. The summed E-state index contributed by atoms with van der Waals surface area (Å²) < 4.78 is 12.1. The first kappa shape index (κ1) is 21.5. The van der Waals surface area contributed by atoms with Crippen molar-refractivity contribution >= 4 is 12.2 Å². The highest BCUT2D eigenvalue weighted by Crippen LogP contribution is 2.55. The number of hydrogen-bond donors (Lipinski definition) is 0. The summed E-state index contributed by atoms with van der Waals surface area (Å²) in [5, 5.41) is 0. The van der Waals surface area contributed by atoms with Crippen LogP contribution in [0.4, 0.5) is 9.59 Å². The zero-order valence-corrected chi connectivity index (χ0v) is 20.4. The smallest absolute Gasteiger partial charge is 0.411 e. The number of carbonyl (C=O) groups excluding carboxylic acids is 2. The van der Waals surface area contributed by atoms with Crippen molar-refractivity contribution in [3.63, 3.8) is 0 Å². The van der Waals surface area contributed by atoms with Gasteiger partial charge in [-0.15, -0.1) is 0 Å². The van der Waals surface area contributed by atoms with Crippen LogP contribution in [0.1, 0.15) is 62.8 Å². The molecule has 34 heavy (non-hydrogen) atoms. The van der Waals surface area contributed by atoms with Crippen LogP contribution in [-0.4, -0.2) is 46.3 Å². The zero-order chi connectivity index (χ0) is 23.9. The number of benzene rings is 2. The predicted molar refractivity (Wildman–Crippen MR) is 127 cm³/mol. The lowest BCUT2D eigenvalue weighted by molar-refractivity contribution is -0.0179. The molecule has 4 aliphatic rings. The van der Waals surface area contributed by atoms with Crippen molar-refractivity contribution < 1.29 is 19.1 Å². The van der Waals surface area contributed by atoms with E-state index in [4.69, 9.17) is 9.47 Å². The lowest BCUT2D eigenvalue weighted by Gasteiger charge is -2.48. The average Bonchev–Trinajstić information content (AvgIpc) is 3.15. The predicted octanol–water partition coefficient (Wildman–Crippen LogP) is 5.13. The molecule has 0 N–H and O–H groups in total. The Bertz CT molecular complexity index is 1120. The normalized spacial score (nSPS) is 35.8. The molecule has 2 aliphatic heterocycles. The van der Waals surface area contributed by atoms with Crippen molar-refractivity contribution in [1.82, 2.24) is 9.80 Å². The van der Waals surface area contributed by atoms with Gasteiger partial charge in [-0.25, -0.2) is 9.59 Å². The van der Waals surface area contributed by atoms with E-state index in [2.05, 4.69) is 50.2 Å². The van der Waals surface area contributed by atoms with Gasteiger partial charge in [-0.05, 0) is 75.6 Å². The van der Waals surface area contributed by atoms with Gasteiger partial charge in [0.05, 0.1) is 0 Å². The van der Waals surface area contributed by atoms with Crippen LogP contribution < -0.4 is 0 Å². The fraction of sp³-hybridized carbons (Fsp3) is 0.500. The summed E-state index contributed by atoms with van der Waals surface area (Å²) in [7, 11) is 0. The molecule has 0 aromatic heterocycles. The molecule has 2 saturated heterocycles. The molecule has 0 bridgehead atoms. The van der Waals surface area contributed by atoms with Gasteiger partial charge in [-0.2, -0.15) is 0 Å². The van der Waals surface area contributed by atoms with E-state index in [-0.39, 0.29) is 12.2 Å². The van der Waals surface area contributed by atoms with Crippen molar-refractivity contribution in [1.29, 1.82) is 0 Å².